The Labute approximate surface area is 136 Å². The summed E-state index contributed by atoms with van der Waals surface area (Å²) in [6.45, 7) is 7.86. The Morgan fingerprint density at radius 1 is 1.39 bits per heavy atom. The van der Waals surface area contributed by atoms with E-state index in [1.807, 2.05) is 6.92 Å². The Balaban J connectivity index is 1.62. The van der Waals surface area contributed by atoms with E-state index < -0.39 is 0 Å². The fourth-order valence-electron chi connectivity index (χ4n) is 3.03. The average molecular weight is 315 g/mol. The number of aromatic nitrogens is 5. The molecule has 3 rings (SSSR count). The number of nitrogens with zero attached hydrogens (tertiary/aromatic N) is 5. The summed E-state index contributed by atoms with van der Waals surface area (Å²) in [5, 5.41) is 15.0. The van der Waals surface area contributed by atoms with Crippen LogP contribution in [0.5, 0.6) is 0 Å². The van der Waals surface area contributed by atoms with Gasteiger partial charge in [-0.15, -0.1) is 10.2 Å². The molecule has 2 N–H and O–H groups in total. The number of nitrogens with one attached hydrogen (secondary N) is 2. The van der Waals surface area contributed by atoms with E-state index in [2.05, 4.69) is 48.4 Å². The summed E-state index contributed by atoms with van der Waals surface area (Å²) in [4.78, 5) is 9.13. The molecule has 0 saturated carbocycles. The first kappa shape index (κ1) is 15.9. The Morgan fingerprint density at radius 2 is 2.30 bits per heavy atom. The number of rotatable bonds is 6. The number of hydrogen-bond acceptors (Lipinski definition) is 6. The van der Waals surface area contributed by atoms with Crippen molar-refractivity contribution in [2.75, 3.05) is 25.0 Å². The van der Waals surface area contributed by atoms with Crippen LogP contribution >= 0.6 is 0 Å². The first-order valence-electron chi connectivity index (χ1n) is 8.43. The first-order chi connectivity index (χ1) is 11.3. The van der Waals surface area contributed by atoms with Crippen molar-refractivity contribution in [2.45, 2.75) is 45.6 Å². The molecule has 1 aliphatic rings. The molecular formula is C16H25N7. The third-order valence-corrected chi connectivity index (χ3v) is 4.26. The van der Waals surface area contributed by atoms with Crippen LogP contribution < -0.4 is 10.6 Å². The lowest BCUT2D eigenvalue weighted by Crippen LogP contribution is -2.29. The maximum absolute atomic E-state index is 4.63. The van der Waals surface area contributed by atoms with E-state index in [0.717, 1.165) is 55.8 Å². The van der Waals surface area contributed by atoms with E-state index in [-0.39, 0.29) is 0 Å². The third-order valence-electron chi connectivity index (χ3n) is 4.26. The second kappa shape index (κ2) is 7.50. The molecule has 2 aromatic rings. The number of anilines is 1. The van der Waals surface area contributed by atoms with Gasteiger partial charge in [-0.25, -0.2) is 9.97 Å². The fraction of sp³-hybridized carbons (Fsp3) is 0.625. The van der Waals surface area contributed by atoms with Crippen molar-refractivity contribution in [3.63, 3.8) is 0 Å². The van der Waals surface area contributed by atoms with Gasteiger partial charge in [0.15, 0.2) is 0 Å². The van der Waals surface area contributed by atoms with Gasteiger partial charge in [0.25, 0.3) is 0 Å². The minimum atomic E-state index is 0.495. The van der Waals surface area contributed by atoms with Crippen LogP contribution in [0.15, 0.2) is 12.4 Å². The van der Waals surface area contributed by atoms with Gasteiger partial charge in [-0.3, -0.25) is 0 Å². The summed E-state index contributed by atoms with van der Waals surface area (Å²) >= 11 is 0. The molecule has 23 heavy (non-hydrogen) atoms. The standard InChI is InChI=1S/C16H25N7/c1-3-23-11-19-22-16(23)6-8-18-15-9-14(20-12(2)21-15)13-5-4-7-17-10-13/h9,11,13,17H,3-8,10H2,1-2H3,(H,18,20,21). The van der Waals surface area contributed by atoms with Crippen molar-refractivity contribution in [3.8, 4) is 0 Å². The van der Waals surface area contributed by atoms with E-state index in [1.165, 1.54) is 12.8 Å². The van der Waals surface area contributed by atoms with Crippen LogP contribution in [-0.2, 0) is 13.0 Å². The van der Waals surface area contributed by atoms with Gasteiger partial charge in [-0.1, -0.05) is 0 Å². The summed E-state index contributed by atoms with van der Waals surface area (Å²) in [7, 11) is 0. The molecule has 7 nitrogen and oxygen atoms in total. The molecule has 124 valence electrons. The summed E-state index contributed by atoms with van der Waals surface area (Å²) < 4.78 is 2.06. The second-order valence-electron chi connectivity index (χ2n) is 5.98. The SMILES string of the molecule is CCn1cnnc1CCNc1cc(C2CCCNC2)nc(C)n1. The van der Waals surface area contributed by atoms with E-state index in [4.69, 9.17) is 0 Å². The minimum absolute atomic E-state index is 0.495. The minimum Gasteiger partial charge on any atom is -0.370 e. The summed E-state index contributed by atoms with van der Waals surface area (Å²) in [6, 6.07) is 2.09. The molecule has 0 bridgehead atoms. The quantitative estimate of drug-likeness (QED) is 0.841. The van der Waals surface area contributed by atoms with Crippen LogP contribution in [0.1, 0.15) is 43.0 Å². The Kier molecular flexibility index (Phi) is 5.17. The number of piperidine rings is 1. The van der Waals surface area contributed by atoms with E-state index in [1.54, 1.807) is 6.33 Å². The van der Waals surface area contributed by atoms with Gasteiger partial charge < -0.3 is 15.2 Å². The monoisotopic (exact) mass is 315 g/mol. The molecule has 0 spiro atoms. The van der Waals surface area contributed by atoms with E-state index in [9.17, 15) is 0 Å². The molecule has 0 radical (unpaired) electrons. The molecule has 1 atom stereocenters. The third kappa shape index (κ3) is 4.04. The average Bonchev–Trinajstić information content (AvgIpc) is 3.03. The fourth-order valence-corrected chi connectivity index (χ4v) is 3.03. The van der Waals surface area contributed by atoms with E-state index in [0.29, 0.717) is 5.92 Å². The molecule has 2 aromatic heterocycles. The Bertz CT molecular complexity index is 631. The maximum atomic E-state index is 4.63. The van der Waals surface area contributed by atoms with Crippen LogP contribution in [0, 0.1) is 6.92 Å². The van der Waals surface area contributed by atoms with Gasteiger partial charge in [0.05, 0.1) is 5.69 Å². The molecular weight excluding hydrogens is 290 g/mol. The largest absolute Gasteiger partial charge is 0.370 e. The van der Waals surface area contributed by atoms with Crippen molar-refractivity contribution in [3.05, 3.63) is 29.7 Å². The molecule has 1 aliphatic heterocycles. The summed E-state index contributed by atoms with van der Waals surface area (Å²) in [6.07, 6.45) is 5.02. The van der Waals surface area contributed by atoms with Crippen molar-refractivity contribution in [1.82, 2.24) is 30.0 Å². The highest BCUT2D eigenvalue weighted by molar-refractivity contribution is 5.37. The lowest BCUT2D eigenvalue weighted by Gasteiger charge is -2.22. The lowest BCUT2D eigenvalue weighted by molar-refractivity contribution is 0.453. The topological polar surface area (TPSA) is 80.5 Å². The van der Waals surface area contributed by atoms with Crippen molar-refractivity contribution < 1.29 is 0 Å². The maximum Gasteiger partial charge on any atom is 0.134 e. The van der Waals surface area contributed by atoms with Gasteiger partial charge in [-0.05, 0) is 33.2 Å². The zero-order valence-electron chi connectivity index (χ0n) is 13.9. The second-order valence-corrected chi connectivity index (χ2v) is 5.98. The van der Waals surface area contributed by atoms with Gasteiger partial charge in [-0.2, -0.15) is 0 Å². The predicted octanol–water partition coefficient (Wildman–Crippen LogP) is 1.52. The summed E-state index contributed by atoms with van der Waals surface area (Å²) in [5.74, 6) is 3.23. The smallest absolute Gasteiger partial charge is 0.134 e. The van der Waals surface area contributed by atoms with Crippen LogP contribution in [0.25, 0.3) is 0 Å². The van der Waals surface area contributed by atoms with E-state index >= 15 is 0 Å². The van der Waals surface area contributed by atoms with Gasteiger partial charge in [0.1, 0.15) is 23.8 Å². The molecule has 0 amide bonds. The van der Waals surface area contributed by atoms with Crippen molar-refractivity contribution in [1.29, 1.82) is 0 Å². The van der Waals surface area contributed by atoms with Crippen LogP contribution in [0.2, 0.25) is 0 Å². The number of hydrogen-bond donors (Lipinski definition) is 2. The van der Waals surface area contributed by atoms with Gasteiger partial charge in [0, 0.05) is 38.0 Å². The van der Waals surface area contributed by atoms with Gasteiger partial charge in [0.2, 0.25) is 0 Å². The normalized spacial score (nSPS) is 18.1. The van der Waals surface area contributed by atoms with Gasteiger partial charge >= 0.3 is 0 Å². The zero-order valence-corrected chi connectivity index (χ0v) is 13.9. The first-order valence-corrected chi connectivity index (χ1v) is 8.43. The van der Waals surface area contributed by atoms with Crippen LogP contribution in [0.3, 0.4) is 0 Å². The predicted molar refractivity (Wildman–Crippen MR) is 89.5 cm³/mol. The summed E-state index contributed by atoms with van der Waals surface area (Å²) in [5.41, 5.74) is 1.14. The highest BCUT2D eigenvalue weighted by Gasteiger charge is 2.17. The Morgan fingerprint density at radius 3 is 3.09 bits per heavy atom. The molecule has 1 fully saturated rings. The molecule has 3 heterocycles. The molecule has 7 heteroatoms. The van der Waals surface area contributed by atoms with Crippen molar-refractivity contribution in [2.24, 2.45) is 0 Å². The lowest BCUT2D eigenvalue weighted by atomic mass is 9.96. The zero-order chi connectivity index (χ0) is 16.1. The van der Waals surface area contributed by atoms with Crippen LogP contribution in [0.4, 0.5) is 5.82 Å². The Hall–Kier alpha value is -2.02. The molecule has 0 aromatic carbocycles. The van der Waals surface area contributed by atoms with Crippen molar-refractivity contribution >= 4 is 5.82 Å². The molecule has 0 aliphatic carbocycles. The highest BCUT2D eigenvalue weighted by atomic mass is 15.3. The number of aryl methyl sites for hydroxylation is 2. The molecule has 1 unspecified atom stereocenters. The van der Waals surface area contributed by atoms with Crippen LogP contribution in [-0.4, -0.2) is 44.4 Å². The molecule has 1 saturated heterocycles. The highest BCUT2D eigenvalue weighted by Crippen LogP contribution is 2.23.